The van der Waals surface area contributed by atoms with Crippen LogP contribution in [0.3, 0.4) is 0 Å². The predicted molar refractivity (Wildman–Crippen MR) is 50.7 cm³/mol. The van der Waals surface area contributed by atoms with Gasteiger partial charge in [0.1, 0.15) is 0 Å². The molecule has 1 amide bonds. The number of hydrogen-bond donors (Lipinski definition) is 1. The normalized spacial score (nSPS) is 33.1. The minimum Gasteiger partial charge on any atom is -0.394 e. The van der Waals surface area contributed by atoms with Gasteiger partial charge in [0.05, 0.1) is 18.8 Å². The SMILES string of the molecule is CC1CN(C(=O)C2CC2)CC(CO)O1. The van der Waals surface area contributed by atoms with Crippen LogP contribution in [0, 0.1) is 5.92 Å². The number of aliphatic hydroxyl groups excluding tert-OH is 1. The third-order valence-electron chi connectivity index (χ3n) is 2.77. The molecule has 0 spiro atoms. The van der Waals surface area contributed by atoms with Crippen LogP contribution in [-0.2, 0) is 9.53 Å². The van der Waals surface area contributed by atoms with Crippen molar-refractivity contribution in [2.24, 2.45) is 5.92 Å². The second-order valence-electron chi connectivity index (χ2n) is 4.27. The van der Waals surface area contributed by atoms with Crippen LogP contribution in [0.15, 0.2) is 0 Å². The van der Waals surface area contributed by atoms with Crippen molar-refractivity contribution in [2.45, 2.75) is 32.0 Å². The highest BCUT2D eigenvalue weighted by Gasteiger charge is 2.36. The highest BCUT2D eigenvalue weighted by molar-refractivity contribution is 5.81. The highest BCUT2D eigenvalue weighted by Crippen LogP contribution is 2.31. The summed E-state index contributed by atoms with van der Waals surface area (Å²) in [7, 11) is 0. The number of aliphatic hydroxyl groups is 1. The van der Waals surface area contributed by atoms with E-state index in [2.05, 4.69) is 0 Å². The third kappa shape index (κ3) is 2.07. The Bertz CT molecular complexity index is 227. The summed E-state index contributed by atoms with van der Waals surface area (Å²) in [5, 5.41) is 9.00. The summed E-state index contributed by atoms with van der Waals surface area (Å²) in [5.74, 6) is 0.512. The second kappa shape index (κ2) is 3.87. The molecule has 0 radical (unpaired) electrons. The van der Waals surface area contributed by atoms with E-state index >= 15 is 0 Å². The lowest BCUT2D eigenvalue weighted by Crippen LogP contribution is -2.50. The number of ether oxygens (including phenoxy) is 1. The summed E-state index contributed by atoms with van der Waals surface area (Å²) >= 11 is 0. The fourth-order valence-electron chi connectivity index (χ4n) is 1.91. The Kier molecular flexibility index (Phi) is 2.74. The summed E-state index contributed by atoms with van der Waals surface area (Å²) in [6.07, 6.45) is 1.92. The number of nitrogens with zero attached hydrogens (tertiary/aromatic N) is 1. The van der Waals surface area contributed by atoms with Gasteiger partial charge in [0.15, 0.2) is 0 Å². The maximum atomic E-state index is 11.8. The van der Waals surface area contributed by atoms with Gasteiger partial charge < -0.3 is 14.7 Å². The van der Waals surface area contributed by atoms with Crippen molar-refractivity contribution in [3.8, 4) is 0 Å². The fraction of sp³-hybridized carbons (Fsp3) is 0.900. The maximum Gasteiger partial charge on any atom is 0.225 e. The first-order chi connectivity index (χ1) is 6.70. The zero-order valence-corrected chi connectivity index (χ0v) is 8.48. The Morgan fingerprint density at radius 1 is 1.50 bits per heavy atom. The topological polar surface area (TPSA) is 49.8 Å². The van der Waals surface area contributed by atoms with Crippen molar-refractivity contribution in [3.63, 3.8) is 0 Å². The molecule has 0 aromatic carbocycles. The predicted octanol–water partition coefficient (Wildman–Crippen LogP) is 0.00460. The fourth-order valence-corrected chi connectivity index (χ4v) is 1.91. The van der Waals surface area contributed by atoms with Crippen LogP contribution >= 0.6 is 0 Å². The van der Waals surface area contributed by atoms with E-state index in [0.717, 1.165) is 12.8 Å². The Hall–Kier alpha value is -0.610. The quantitative estimate of drug-likeness (QED) is 0.681. The molecule has 1 saturated heterocycles. The first-order valence-corrected chi connectivity index (χ1v) is 5.26. The van der Waals surface area contributed by atoms with E-state index in [9.17, 15) is 4.79 Å². The summed E-state index contributed by atoms with van der Waals surface area (Å²) in [5.41, 5.74) is 0. The second-order valence-corrected chi connectivity index (χ2v) is 4.27. The van der Waals surface area contributed by atoms with E-state index in [0.29, 0.717) is 13.1 Å². The first kappa shape index (κ1) is 9.93. The van der Waals surface area contributed by atoms with Gasteiger partial charge in [0.25, 0.3) is 0 Å². The van der Waals surface area contributed by atoms with Crippen LogP contribution < -0.4 is 0 Å². The molecule has 1 N–H and O–H groups in total. The van der Waals surface area contributed by atoms with Crippen LogP contribution in [0.5, 0.6) is 0 Å². The number of carbonyl (C=O) groups is 1. The molecule has 1 aliphatic carbocycles. The summed E-state index contributed by atoms with van der Waals surface area (Å²) in [6, 6.07) is 0. The van der Waals surface area contributed by atoms with Crippen molar-refractivity contribution < 1.29 is 14.6 Å². The van der Waals surface area contributed by atoms with Crippen molar-refractivity contribution in [1.29, 1.82) is 0 Å². The summed E-state index contributed by atoms with van der Waals surface area (Å²) in [6.45, 7) is 3.16. The number of amides is 1. The molecule has 0 bridgehead atoms. The highest BCUT2D eigenvalue weighted by atomic mass is 16.5. The molecule has 14 heavy (non-hydrogen) atoms. The number of morpholine rings is 1. The van der Waals surface area contributed by atoms with Crippen LogP contribution in [0.1, 0.15) is 19.8 Å². The van der Waals surface area contributed by atoms with Gasteiger partial charge in [0.2, 0.25) is 5.91 Å². The lowest BCUT2D eigenvalue weighted by atomic mass is 10.2. The molecule has 2 fully saturated rings. The molecule has 2 rings (SSSR count). The zero-order valence-electron chi connectivity index (χ0n) is 8.48. The van der Waals surface area contributed by atoms with Crippen molar-refractivity contribution >= 4 is 5.91 Å². The van der Waals surface area contributed by atoms with E-state index in [1.54, 1.807) is 0 Å². The van der Waals surface area contributed by atoms with Gasteiger partial charge in [-0.2, -0.15) is 0 Å². The number of hydrogen-bond acceptors (Lipinski definition) is 3. The van der Waals surface area contributed by atoms with Gasteiger partial charge >= 0.3 is 0 Å². The molecule has 80 valence electrons. The average Bonchev–Trinajstić information content (AvgIpc) is 2.99. The van der Waals surface area contributed by atoms with Gasteiger partial charge in [-0.1, -0.05) is 0 Å². The van der Waals surface area contributed by atoms with Gasteiger partial charge in [-0.05, 0) is 19.8 Å². The monoisotopic (exact) mass is 199 g/mol. The molecule has 4 nitrogen and oxygen atoms in total. The van der Waals surface area contributed by atoms with Crippen molar-refractivity contribution in [2.75, 3.05) is 19.7 Å². The molecule has 1 heterocycles. The van der Waals surface area contributed by atoms with E-state index in [1.165, 1.54) is 0 Å². The molecule has 2 unspecified atom stereocenters. The van der Waals surface area contributed by atoms with Crippen molar-refractivity contribution in [3.05, 3.63) is 0 Å². The zero-order chi connectivity index (χ0) is 10.1. The van der Waals surface area contributed by atoms with Crippen LogP contribution in [0.2, 0.25) is 0 Å². The molecule has 1 aliphatic heterocycles. The van der Waals surface area contributed by atoms with Crippen LogP contribution in [0.25, 0.3) is 0 Å². The molecule has 0 aromatic rings. The molecule has 0 aromatic heterocycles. The number of rotatable bonds is 2. The Balaban J connectivity index is 1.93. The Morgan fingerprint density at radius 3 is 2.79 bits per heavy atom. The molecular weight excluding hydrogens is 182 g/mol. The van der Waals surface area contributed by atoms with Crippen molar-refractivity contribution in [1.82, 2.24) is 4.90 Å². The van der Waals surface area contributed by atoms with Gasteiger partial charge in [-0.15, -0.1) is 0 Å². The minimum absolute atomic E-state index is 0.00120. The number of carbonyl (C=O) groups excluding carboxylic acids is 1. The molecule has 4 heteroatoms. The first-order valence-electron chi connectivity index (χ1n) is 5.26. The third-order valence-corrected chi connectivity index (χ3v) is 2.77. The lowest BCUT2D eigenvalue weighted by Gasteiger charge is -2.36. The van der Waals surface area contributed by atoms with Gasteiger partial charge in [0, 0.05) is 19.0 Å². The van der Waals surface area contributed by atoms with E-state index in [1.807, 2.05) is 11.8 Å². The maximum absolute atomic E-state index is 11.8. The average molecular weight is 199 g/mol. The van der Waals surface area contributed by atoms with Gasteiger partial charge in [-0.25, -0.2) is 0 Å². The summed E-state index contributed by atoms with van der Waals surface area (Å²) in [4.78, 5) is 13.6. The van der Waals surface area contributed by atoms with E-state index in [-0.39, 0.29) is 30.6 Å². The Labute approximate surface area is 83.8 Å². The lowest BCUT2D eigenvalue weighted by molar-refractivity contribution is -0.148. The smallest absolute Gasteiger partial charge is 0.225 e. The van der Waals surface area contributed by atoms with E-state index in [4.69, 9.17) is 9.84 Å². The summed E-state index contributed by atoms with van der Waals surface area (Å²) < 4.78 is 5.47. The Morgan fingerprint density at radius 2 is 2.21 bits per heavy atom. The van der Waals surface area contributed by atoms with E-state index < -0.39 is 0 Å². The van der Waals surface area contributed by atoms with Crippen LogP contribution in [0.4, 0.5) is 0 Å². The van der Waals surface area contributed by atoms with Gasteiger partial charge in [-0.3, -0.25) is 4.79 Å². The molecule has 1 saturated carbocycles. The largest absolute Gasteiger partial charge is 0.394 e. The van der Waals surface area contributed by atoms with Crippen LogP contribution in [-0.4, -0.2) is 47.8 Å². The molecular formula is C10H17NO3. The molecule has 2 aliphatic rings. The molecule has 2 atom stereocenters. The minimum atomic E-state index is -0.193. The standard InChI is InChI=1S/C10H17NO3/c1-7-4-11(5-9(6-12)14-7)10(13)8-2-3-8/h7-9,12H,2-6H2,1H3.